The zero-order valence-corrected chi connectivity index (χ0v) is 10.1. The average molecular weight is 279 g/mol. The van der Waals surface area contributed by atoms with E-state index in [4.69, 9.17) is 5.73 Å². The molecule has 0 aliphatic carbocycles. The summed E-state index contributed by atoms with van der Waals surface area (Å²) < 4.78 is 1.02. The lowest BCUT2D eigenvalue weighted by Crippen LogP contribution is -2.04. The summed E-state index contributed by atoms with van der Waals surface area (Å²) in [6.07, 6.45) is 1.69. The molecule has 0 aliphatic heterocycles. The Morgan fingerprint density at radius 3 is 2.94 bits per heavy atom. The van der Waals surface area contributed by atoms with Crippen molar-refractivity contribution in [2.45, 2.75) is 6.54 Å². The molecule has 0 saturated heterocycles. The SMILES string of the molecule is NCc1nccc(Nc2cccc(Br)c2)n1. The third kappa shape index (κ3) is 2.77. The Hall–Kier alpha value is -1.46. The van der Waals surface area contributed by atoms with Crippen molar-refractivity contribution >= 4 is 27.4 Å². The van der Waals surface area contributed by atoms with Crippen LogP contribution in [0.3, 0.4) is 0 Å². The number of anilines is 2. The maximum absolute atomic E-state index is 5.48. The van der Waals surface area contributed by atoms with E-state index < -0.39 is 0 Å². The monoisotopic (exact) mass is 278 g/mol. The van der Waals surface area contributed by atoms with Crippen molar-refractivity contribution in [3.05, 3.63) is 46.8 Å². The molecule has 16 heavy (non-hydrogen) atoms. The molecule has 0 radical (unpaired) electrons. The second-order valence-electron chi connectivity index (χ2n) is 3.20. The standard InChI is InChI=1S/C11H11BrN4/c12-8-2-1-3-9(6-8)15-10-4-5-14-11(7-13)16-10/h1-6H,7,13H2,(H,14,15,16). The normalized spacial score (nSPS) is 10.1. The van der Waals surface area contributed by atoms with Crippen molar-refractivity contribution in [2.24, 2.45) is 5.73 Å². The van der Waals surface area contributed by atoms with Crippen LogP contribution in [-0.2, 0) is 6.54 Å². The molecule has 0 atom stereocenters. The third-order valence-corrected chi connectivity index (χ3v) is 2.48. The first kappa shape index (κ1) is 11.0. The fourth-order valence-electron chi connectivity index (χ4n) is 1.28. The highest BCUT2D eigenvalue weighted by atomic mass is 79.9. The van der Waals surface area contributed by atoms with Gasteiger partial charge in [0.15, 0.2) is 0 Å². The average Bonchev–Trinajstić information content (AvgIpc) is 2.29. The van der Waals surface area contributed by atoms with Crippen molar-refractivity contribution in [1.29, 1.82) is 0 Å². The van der Waals surface area contributed by atoms with E-state index in [2.05, 4.69) is 31.2 Å². The number of halogens is 1. The largest absolute Gasteiger partial charge is 0.340 e. The number of rotatable bonds is 3. The summed E-state index contributed by atoms with van der Waals surface area (Å²) in [7, 11) is 0. The van der Waals surface area contributed by atoms with E-state index in [1.807, 2.05) is 24.3 Å². The molecule has 2 aromatic rings. The summed E-state index contributed by atoms with van der Waals surface area (Å²) >= 11 is 3.41. The molecule has 0 aliphatic rings. The maximum atomic E-state index is 5.48. The molecule has 0 unspecified atom stereocenters. The molecule has 3 N–H and O–H groups in total. The second-order valence-corrected chi connectivity index (χ2v) is 4.11. The summed E-state index contributed by atoms with van der Waals surface area (Å²) in [5.74, 6) is 1.37. The predicted octanol–water partition coefficient (Wildman–Crippen LogP) is 2.44. The van der Waals surface area contributed by atoms with Crippen LogP contribution in [-0.4, -0.2) is 9.97 Å². The van der Waals surface area contributed by atoms with E-state index in [-0.39, 0.29) is 0 Å². The Kier molecular flexibility index (Phi) is 3.48. The molecule has 1 aromatic heterocycles. The summed E-state index contributed by atoms with van der Waals surface area (Å²) in [5.41, 5.74) is 6.44. The molecular weight excluding hydrogens is 268 g/mol. The van der Waals surface area contributed by atoms with Gasteiger partial charge < -0.3 is 11.1 Å². The molecule has 0 fully saturated rings. The van der Waals surface area contributed by atoms with Crippen LogP contribution in [0.15, 0.2) is 41.0 Å². The quantitative estimate of drug-likeness (QED) is 0.905. The van der Waals surface area contributed by atoms with Gasteiger partial charge in [0, 0.05) is 16.4 Å². The number of nitrogens with one attached hydrogen (secondary N) is 1. The molecular formula is C11H11BrN4. The molecule has 2 rings (SSSR count). The van der Waals surface area contributed by atoms with Crippen LogP contribution < -0.4 is 11.1 Å². The highest BCUT2D eigenvalue weighted by Gasteiger charge is 1.98. The Morgan fingerprint density at radius 2 is 2.19 bits per heavy atom. The zero-order valence-electron chi connectivity index (χ0n) is 8.52. The minimum atomic E-state index is 0.341. The highest BCUT2D eigenvalue weighted by Crippen LogP contribution is 2.18. The summed E-state index contributed by atoms with van der Waals surface area (Å²) in [5, 5.41) is 3.18. The summed E-state index contributed by atoms with van der Waals surface area (Å²) in [6, 6.07) is 9.67. The number of hydrogen-bond donors (Lipinski definition) is 2. The van der Waals surface area contributed by atoms with Gasteiger partial charge in [-0.15, -0.1) is 0 Å². The molecule has 4 nitrogen and oxygen atoms in total. The van der Waals surface area contributed by atoms with Gasteiger partial charge in [-0.2, -0.15) is 0 Å². The lowest BCUT2D eigenvalue weighted by molar-refractivity contribution is 0.912. The van der Waals surface area contributed by atoms with Crippen molar-refractivity contribution in [2.75, 3.05) is 5.32 Å². The van der Waals surface area contributed by atoms with Crippen molar-refractivity contribution in [3.8, 4) is 0 Å². The number of aromatic nitrogens is 2. The van der Waals surface area contributed by atoms with Crippen LogP contribution in [0.1, 0.15) is 5.82 Å². The van der Waals surface area contributed by atoms with Gasteiger partial charge in [-0.05, 0) is 24.3 Å². The topological polar surface area (TPSA) is 63.8 Å². The number of nitrogens with two attached hydrogens (primary N) is 1. The minimum Gasteiger partial charge on any atom is -0.340 e. The number of hydrogen-bond acceptors (Lipinski definition) is 4. The molecule has 0 amide bonds. The Labute approximate surface area is 102 Å². The van der Waals surface area contributed by atoms with Crippen LogP contribution in [0.5, 0.6) is 0 Å². The first-order chi connectivity index (χ1) is 7.78. The molecule has 5 heteroatoms. The Balaban J connectivity index is 2.20. The first-order valence-electron chi connectivity index (χ1n) is 4.82. The van der Waals surface area contributed by atoms with Gasteiger partial charge in [0.1, 0.15) is 11.6 Å². The van der Waals surface area contributed by atoms with Crippen molar-refractivity contribution < 1.29 is 0 Å². The van der Waals surface area contributed by atoms with Gasteiger partial charge in [0.05, 0.1) is 6.54 Å². The van der Waals surface area contributed by atoms with Gasteiger partial charge in [0.2, 0.25) is 0 Å². The fourth-order valence-corrected chi connectivity index (χ4v) is 1.68. The fraction of sp³-hybridized carbons (Fsp3) is 0.0909. The predicted molar refractivity (Wildman–Crippen MR) is 67.3 cm³/mol. The Bertz CT molecular complexity index is 487. The molecule has 1 heterocycles. The van der Waals surface area contributed by atoms with E-state index in [0.29, 0.717) is 12.4 Å². The van der Waals surface area contributed by atoms with Gasteiger partial charge in [-0.25, -0.2) is 9.97 Å². The van der Waals surface area contributed by atoms with E-state index in [0.717, 1.165) is 16.0 Å². The van der Waals surface area contributed by atoms with Crippen molar-refractivity contribution in [3.63, 3.8) is 0 Å². The zero-order chi connectivity index (χ0) is 11.4. The van der Waals surface area contributed by atoms with Gasteiger partial charge >= 0.3 is 0 Å². The lowest BCUT2D eigenvalue weighted by Gasteiger charge is -2.06. The van der Waals surface area contributed by atoms with Gasteiger partial charge in [-0.3, -0.25) is 0 Å². The molecule has 82 valence electrons. The minimum absolute atomic E-state index is 0.341. The lowest BCUT2D eigenvalue weighted by atomic mass is 10.3. The van der Waals surface area contributed by atoms with E-state index >= 15 is 0 Å². The molecule has 1 aromatic carbocycles. The van der Waals surface area contributed by atoms with Crippen molar-refractivity contribution in [1.82, 2.24) is 9.97 Å². The van der Waals surface area contributed by atoms with E-state index in [1.165, 1.54) is 0 Å². The smallest absolute Gasteiger partial charge is 0.144 e. The number of benzene rings is 1. The first-order valence-corrected chi connectivity index (χ1v) is 5.62. The second kappa shape index (κ2) is 5.05. The van der Waals surface area contributed by atoms with Crippen LogP contribution in [0, 0.1) is 0 Å². The molecule has 0 spiro atoms. The van der Waals surface area contributed by atoms with E-state index in [1.54, 1.807) is 12.3 Å². The van der Waals surface area contributed by atoms with E-state index in [9.17, 15) is 0 Å². The third-order valence-electron chi connectivity index (χ3n) is 1.99. The maximum Gasteiger partial charge on any atom is 0.144 e. The molecule has 0 bridgehead atoms. The van der Waals surface area contributed by atoms with Crippen LogP contribution in [0.4, 0.5) is 11.5 Å². The van der Waals surface area contributed by atoms with Gasteiger partial charge in [0.25, 0.3) is 0 Å². The Morgan fingerprint density at radius 1 is 1.31 bits per heavy atom. The van der Waals surface area contributed by atoms with Crippen LogP contribution in [0.25, 0.3) is 0 Å². The highest BCUT2D eigenvalue weighted by molar-refractivity contribution is 9.10. The summed E-state index contributed by atoms with van der Waals surface area (Å²) in [6.45, 7) is 0.341. The number of nitrogens with zero attached hydrogens (tertiary/aromatic N) is 2. The van der Waals surface area contributed by atoms with Gasteiger partial charge in [-0.1, -0.05) is 22.0 Å². The van der Waals surface area contributed by atoms with Crippen LogP contribution >= 0.6 is 15.9 Å². The van der Waals surface area contributed by atoms with Crippen LogP contribution in [0.2, 0.25) is 0 Å². The summed E-state index contributed by atoms with van der Waals surface area (Å²) in [4.78, 5) is 8.29. The molecule has 0 saturated carbocycles.